The summed E-state index contributed by atoms with van der Waals surface area (Å²) >= 11 is 0. The molecule has 0 spiro atoms. The van der Waals surface area contributed by atoms with Crippen LogP contribution < -0.4 is 4.90 Å². The first-order valence-electron chi connectivity index (χ1n) is 6.74. The lowest BCUT2D eigenvalue weighted by Gasteiger charge is -2.20. The third-order valence-electron chi connectivity index (χ3n) is 3.43. The van der Waals surface area contributed by atoms with Crippen LogP contribution in [0.25, 0.3) is 0 Å². The first-order valence-corrected chi connectivity index (χ1v) is 6.74. The van der Waals surface area contributed by atoms with Crippen molar-refractivity contribution < 1.29 is 14.7 Å². The van der Waals surface area contributed by atoms with E-state index in [9.17, 15) is 14.7 Å². The van der Waals surface area contributed by atoms with Gasteiger partial charge in [0.25, 0.3) is 5.91 Å². The van der Waals surface area contributed by atoms with Gasteiger partial charge in [-0.2, -0.15) is 0 Å². The third-order valence-corrected chi connectivity index (χ3v) is 3.43. The monoisotopic (exact) mass is 283 g/mol. The van der Waals surface area contributed by atoms with Crippen molar-refractivity contribution in [2.24, 2.45) is 0 Å². The summed E-state index contributed by atoms with van der Waals surface area (Å²) in [5.74, 6) is -1.25. The van der Waals surface area contributed by atoms with Gasteiger partial charge in [-0.3, -0.25) is 4.79 Å². The van der Waals surface area contributed by atoms with Gasteiger partial charge in [0, 0.05) is 12.6 Å². The number of benzene rings is 2. The maximum Gasteiger partial charge on any atom is 0.337 e. The largest absolute Gasteiger partial charge is 0.478 e. The second-order valence-electron chi connectivity index (χ2n) is 4.70. The van der Waals surface area contributed by atoms with E-state index in [1.165, 1.54) is 11.0 Å². The molecule has 2 aromatic carbocycles. The van der Waals surface area contributed by atoms with E-state index in [4.69, 9.17) is 0 Å². The molecule has 4 nitrogen and oxygen atoms in total. The first-order chi connectivity index (χ1) is 10.1. The predicted octanol–water partition coefficient (Wildman–Crippen LogP) is 3.22. The van der Waals surface area contributed by atoms with Gasteiger partial charge in [-0.1, -0.05) is 37.3 Å². The zero-order valence-electron chi connectivity index (χ0n) is 12.0. The molecule has 0 bridgehead atoms. The maximum absolute atomic E-state index is 12.6. The molecule has 0 radical (unpaired) electrons. The first kappa shape index (κ1) is 14.8. The molecule has 0 unspecified atom stereocenters. The number of hydrogen-bond acceptors (Lipinski definition) is 2. The Morgan fingerprint density at radius 3 is 2.19 bits per heavy atom. The van der Waals surface area contributed by atoms with Crippen LogP contribution in [-0.2, 0) is 6.42 Å². The fraction of sp³-hybridized carbons (Fsp3) is 0.176. The zero-order valence-corrected chi connectivity index (χ0v) is 12.0. The van der Waals surface area contributed by atoms with Crippen molar-refractivity contribution >= 4 is 17.6 Å². The Morgan fingerprint density at radius 1 is 1.00 bits per heavy atom. The molecule has 0 saturated heterocycles. The minimum atomic E-state index is -1.05. The molecule has 0 aliphatic carbocycles. The molecule has 2 aromatic rings. The molecule has 2 rings (SSSR count). The topological polar surface area (TPSA) is 57.6 Å². The van der Waals surface area contributed by atoms with Gasteiger partial charge in [-0.15, -0.1) is 0 Å². The molecule has 1 amide bonds. The molecule has 4 heteroatoms. The molecule has 0 aliphatic heterocycles. The fourth-order valence-corrected chi connectivity index (χ4v) is 2.27. The number of carboxylic acids is 1. The quantitative estimate of drug-likeness (QED) is 0.937. The Labute approximate surface area is 123 Å². The van der Waals surface area contributed by atoms with Gasteiger partial charge in [0.2, 0.25) is 0 Å². The molecule has 108 valence electrons. The molecular weight excluding hydrogens is 266 g/mol. The van der Waals surface area contributed by atoms with E-state index < -0.39 is 5.97 Å². The van der Waals surface area contributed by atoms with Crippen LogP contribution in [0.15, 0.2) is 48.5 Å². The van der Waals surface area contributed by atoms with Crippen LogP contribution in [0.4, 0.5) is 5.69 Å². The average Bonchev–Trinajstić information content (AvgIpc) is 2.53. The van der Waals surface area contributed by atoms with Gasteiger partial charge in [0.1, 0.15) is 0 Å². The lowest BCUT2D eigenvalue weighted by molar-refractivity contribution is 0.0697. The van der Waals surface area contributed by atoms with E-state index in [0.29, 0.717) is 11.3 Å². The number of rotatable bonds is 4. The van der Waals surface area contributed by atoms with Gasteiger partial charge in [0.15, 0.2) is 0 Å². The molecule has 1 N–H and O–H groups in total. The number of carboxylic acid groups (broad SMARTS) is 1. The normalized spacial score (nSPS) is 10.2. The summed E-state index contributed by atoms with van der Waals surface area (Å²) in [6, 6.07) is 13.9. The van der Waals surface area contributed by atoms with Crippen molar-refractivity contribution in [1.29, 1.82) is 0 Å². The summed E-state index contributed by atoms with van der Waals surface area (Å²) in [6.45, 7) is 1.98. The van der Waals surface area contributed by atoms with Crippen molar-refractivity contribution in [3.8, 4) is 0 Å². The number of hydrogen-bond donors (Lipinski definition) is 1. The van der Waals surface area contributed by atoms with E-state index >= 15 is 0 Å². The van der Waals surface area contributed by atoms with Crippen LogP contribution in [0, 0.1) is 0 Å². The van der Waals surface area contributed by atoms with Gasteiger partial charge < -0.3 is 10.0 Å². The number of nitrogens with zero attached hydrogens (tertiary/aromatic N) is 1. The standard InChI is InChI=1S/C17H17NO3/c1-3-12-8-4-5-9-13(12)16(19)18(2)15-11-7-6-10-14(15)17(20)21/h4-11H,3H2,1-2H3,(H,20,21). The molecule has 0 aromatic heterocycles. The van der Waals surface area contributed by atoms with Gasteiger partial charge in [-0.05, 0) is 30.2 Å². The molecule has 0 aliphatic rings. The van der Waals surface area contributed by atoms with E-state index in [1.54, 1.807) is 31.3 Å². The lowest BCUT2D eigenvalue weighted by atomic mass is 10.0. The Bertz CT molecular complexity index is 679. The molecular formula is C17H17NO3. The van der Waals surface area contributed by atoms with Crippen LogP contribution in [0.1, 0.15) is 33.2 Å². The average molecular weight is 283 g/mol. The number of carbonyl (C=O) groups excluding carboxylic acids is 1. The molecule has 0 heterocycles. The Morgan fingerprint density at radius 2 is 1.57 bits per heavy atom. The lowest BCUT2D eigenvalue weighted by Crippen LogP contribution is -2.28. The molecule has 0 saturated carbocycles. The van der Waals surface area contributed by atoms with E-state index in [0.717, 1.165) is 12.0 Å². The van der Waals surface area contributed by atoms with Crippen LogP contribution in [-0.4, -0.2) is 24.0 Å². The van der Waals surface area contributed by atoms with Gasteiger partial charge in [-0.25, -0.2) is 4.79 Å². The van der Waals surface area contributed by atoms with Crippen LogP contribution in [0.5, 0.6) is 0 Å². The molecule has 21 heavy (non-hydrogen) atoms. The van der Waals surface area contributed by atoms with Crippen LogP contribution in [0.3, 0.4) is 0 Å². The van der Waals surface area contributed by atoms with Crippen molar-refractivity contribution in [2.75, 3.05) is 11.9 Å². The summed E-state index contributed by atoms with van der Waals surface area (Å²) in [6.07, 6.45) is 0.746. The van der Waals surface area contributed by atoms with Gasteiger partial charge >= 0.3 is 5.97 Å². The highest BCUT2D eigenvalue weighted by molar-refractivity contribution is 6.09. The second-order valence-corrected chi connectivity index (χ2v) is 4.70. The smallest absolute Gasteiger partial charge is 0.337 e. The van der Waals surface area contributed by atoms with Crippen molar-refractivity contribution in [3.63, 3.8) is 0 Å². The summed E-state index contributed by atoms with van der Waals surface area (Å²) in [5, 5.41) is 9.23. The summed E-state index contributed by atoms with van der Waals surface area (Å²) in [4.78, 5) is 25.3. The Kier molecular flexibility index (Phi) is 4.38. The van der Waals surface area contributed by atoms with E-state index in [1.807, 2.05) is 25.1 Å². The number of anilines is 1. The SMILES string of the molecule is CCc1ccccc1C(=O)N(C)c1ccccc1C(=O)O. The fourth-order valence-electron chi connectivity index (χ4n) is 2.27. The molecule has 0 atom stereocenters. The van der Waals surface area contributed by atoms with Crippen LogP contribution in [0.2, 0.25) is 0 Å². The third kappa shape index (κ3) is 2.94. The van der Waals surface area contributed by atoms with Crippen molar-refractivity contribution in [2.45, 2.75) is 13.3 Å². The number of para-hydroxylation sites is 1. The van der Waals surface area contributed by atoms with E-state index in [2.05, 4.69) is 0 Å². The maximum atomic E-state index is 12.6. The van der Waals surface area contributed by atoms with Crippen molar-refractivity contribution in [3.05, 3.63) is 65.2 Å². The number of aryl methyl sites for hydroxylation is 1. The second kappa shape index (κ2) is 6.22. The molecule has 0 fully saturated rings. The number of amides is 1. The highest BCUT2D eigenvalue weighted by atomic mass is 16.4. The predicted molar refractivity (Wildman–Crippen MR) is 82.0 cm³/mol. The summed E-state index contributed by atoms with van der Waals surface area (Å²) in [7, 11) is 1.59. The van der Waals surface area contributed by atoms with Crippen LogP contribution >= 0.6 is 0 Å². The summed E-state index contributed by atoms with van der Waals surface area (Å²) < 4.78 is 0. The highest BCUT2D eigenvalue weighted by Gasteiger charge is 2.20. The minimum Gasteiger partial charge on any atom is -0.478 e. The highest BCUT2D eigenvalue weighted by Crippen LogP contribution is 2.22. The van der Waals surface area contributed by atoms with E-state index in [-0.39, 0.29) is 11.5 Å². The minimum absolute atomic E-state index is 0.113. The van der Waals surface area contributed by atoms with Gasteiger partial charge in [0.05, 0.1) is 11.3 Å². The summed E-state index contributed by atoms with van der Waals surface area (Å²) in [5.41, 5.74) is 2.05. The van der Waals surface area contributed by atoms with Crippen molar-refractivity contribution in [1.82, 2.24) is 0 Å². The number of carbonyl (C=O) groups is 2. The zero-order chi connectivity index (χ0) is 15.4. The Hall–Kier alpha value is -2.62. The number of aromatic carboxylic acids is 1. The Balaban J connectivity index is 2.43.